The van der Waals surface area contributed by atoms with E-state index in [0.717, 1.165) is 17.8 Å². The fraction of sp³-hybridized carbons (Fsp3) is 0.553. The predicted molar refractivity (Wildman–Crippen MR) is 345 cm³/mol. The Labute approximate surface area is 487 Å². The van der Waals surface area contributed by atoms with Gasteiger partial charge in [0, 0.05) is 38.0 Å². The maximum Gasteiger partial charge on any atom is 0.264 e. The number of nitrogens with zero attached hydrogens (tertiary/aromatic N) is 2. The zero-order valence-electron chi connectivity index (χ0n) is 52.1. The highest BCUT2D eigenvalue weighted by atomic mass is 32.1. The van der Waals surface area contributed by atoms with Gasteiger partial charge in [-0.1, -0.05) is 153 Å². The van der Waals surface area contributed by atoms with Gasteiger partial charge in [-0.05, 0) is 260 Å². The lowest BCUT2D eigenvalue weighted by atomic mass is 9.35. The van der Waals surface area contributed by atoms with Crippen molar-refractivity contribution >= 4 is 67.9 Å². The molecular formula is C76H93BN2S. The Hall–Kier alpha value is -4.54. The Morgan fingerprint density at radius 1 is 0.425 bits per heavy atom. The second-order valence-electron chi connectivity index (χ2n) is 33.8. The lowest BCUT2D eigenvalue weighted by Gasteiger charge is -2.57. The van der Waals surface area contributed by atoms with Gasteiger partial charge >= 0.3 is 0 Å². The van der Waals surface area contributed by atoms with Crippen molar-refractivity contribution in [2.24, 2.45) is 17.8 Å². The molecule has 2 aliphatic heterocycles. The van der Waals surface area contributed by atoms with Crippen LogP contribution in [0.2, 0.25) is 0 Å². The molecule has 0 spiro atoms. The molecule has 4 fully saturated rings. The number of hydrogen-bond donors (Lipinski definition) is 0. The molecule has 8 aliphatic carbocycles. The summed E-state index contributed by atoms with van der Waals surface area (Å²) in [5.74, 6) is 2.52. The van der Waals surface area contributed by atoms with Gasteiger partial charge in [0.1, 0.15) is 0 Å². The number of fused-ring (bicyclic) bond motifs is 9. The Bertz CT molecular complexity index is 3590. The van der Waals surface area contributed by atoms with Gasteiger partial charge in [0.05, 0.1) is 11.4 Å². The van der Waals surface area contributed by atoms with Crippen LogP contribution >= 0.6 is 11.3 Å². The van der Waals surface area contributed by atoms with Crippen molar-refractivity contribution in [3.8, 4) is 11.1 Å². The van der Waals surface area contributed by atoms with E-state index in [2.05, 4.69) is 217 Å². The first-order valence-corrected chi connectivity index (χ1v) is 32.9. The van der Waals surface area contributed by atoms with Crippen LogP contribution < -0.4 is 25.5 Å². The number of rotatable bonds is 4. The fourth-order valence-corrected chi connectivity index (χ4v) is 21.2. The summed E-state index contributed by atoms with van der Waals surface area (Å²) in [6.07, 6.45) is 18.0. The topological polar surface area (TPSA) is 6.48 Å². The normalized spacial score (nSPS) is 28.2. The van der Waals surface area contributed by atoms with E-state index in [1.54, 1.807) is 43.0 Å². The molecule has 4 bridgehead atoms. The lowest BCUT2D eigenvalue weighted by molar-refractivity contribution is -0.00514. The van der Waals surface area contributed by atoms with Crippen LogP contribution in [0.15, 0.2) is 84.9 Å². The van der Waals surface area contributed by atoms with Crippen LogP contribution in [0.25, 0.3) is 11.1 Å². The van der Waals surface area contributed by atoms with Gasteiger partial charge in [0.15, 0.2) is 0 Å². The molecule has 0 atom stereocenters. The highest BCUT2D eigenvalue weighted by molar-refractivity contribution is 7.29. The van der Waals surface area contributed by atoms with Crippen LogP contribution in [0.4, 0.5) is 34.1 Å². The fourth-order valence-electron chi connectivity index (χ4n) is 19.5. The molecule has 1 aromatic heterocycles. The quantitative estimate of drug-likeness (QED) is 0.162. The maximum absolute atomic E-state index is 2.95. The van der Waals surface area contributed by atoms with Crippen LogP contribution in [-0.2, 0) is 48.7 Å². The smallest absolute Gasteiger partial charge is 0.264 e. The van der Waals surface area contributed by atoms with Crippen molar-refractivity contribution in [1.82, 2.24) is 0 Å². The van der Waals surface area contributed by atoms with Gasteiger partial charge in [0.25, 0.3) is 6.71 Å². The Morgan fingerprint density at radius 3 is 1.45 bits per heavy atom. The van der Waals surface area contributed by atoms with Crippen LogP contribution in [0, 0.1) is 17.8 Å². The third-order valence-electron chi connectivity index (χ3n) is 24.6. The molecule has 0 N–H and O–H groups in total. The van der Waals surface area contributed by atoms with E-state index < -0.39 is 0 Å². The molecule has 80 heavy (non-hydrogen) atoms. The standard InChI is InChI=1S/C76H93BN2S/c1-68(2)24-25-69(3,4)53-37-50(22-23-52(53)68)78-61-35-49(76-42-45-32-46(43-76)34-47(33-45)44-76)36-62-64(61)77(67-65(78)63-66(80-67)75(15,16)31-30-74(63,13)14)58-39-55-57(73(11,12)29-27-71(55,7)8)41-60(58)79(62)59-40-56-54(70(5,6)26-28-72(56,9)10)38-51(59)48-20-18-17-19-21-48/h17-23,35-41,45-47H,24-34,42-44H2,1-16H3. The Morgan fingerprint density at radius 2 is 0.887 bits per heavy atom. The van der Waals surface area contributed by atoms with Crippen LogP contribution in [0.3, 0.4) is 0 Å². The first-order chi connectivity index (χ1) is 37.5. The monoisotopic (exact) mass is 1080 g/mol. The molecule has 416 valence electrons. The molecule has 16 rings (SSSR count). The number of thiophene rings is 1. The first kappa shape index (κ1) is 52.3. The van der Waals surface area contributed by atoms with Crippen molar-refractivity contribution in [2.45, 2.75) is 249 Å². The highest BCUT2D eigenvalue weighted by Gasteiger charge is 2.56. The summed E-state index contributed by atoms with van der Waals surface area (Å²) in [5, 5.41) is 0. The summed E-state index contributed by atoms with van der Waals surface area (Å²) in [7, 11) is 0. The van der Waals surface area contributed by atoms with E-state index in [9.17, 15) is 0 Å². The summed E-state index contributed by atoms with van der Waals surface area (Å²) in [6.45, 7) is 41.0. The predicted octanol–water partition coefficient (Wildman–Crippen LogP) is 19.4. The van der Waals surface area contributed by atoms with Crippen LogP contribution in [0.1, 0.15) is 250 Å². The number of anilines is 6. The maximum atomic E-state index is 2.95. The SMILES string of the molecule is CC1(C)CCC(C)(C)c2cc(N3c4cc(C56CC7CC(CC(C7)C5)C6)cc5c4B(c4cc6c(cc4N5c4cc5c(cc4-c4ccccc4)C(C)(C)CCC5(C)C)C(C)(C)CCC6(C)C)c4sc5c(c43)C(C)(C)CCC5(C)C)ccc21. The minimum Gasteiger partial charge on any atom is -0.311 e. The third-order valence-corrected chi connectivity index (χ3v) is 26.2. The van der Waals surface area contributed by atoms with Gasteiger partial charge < -0.3 is 9.80 Å². The molecule has 6 aromatic rings. The molecule has 0 amide bonds. The van der Waals surface area contributed by atoms with E-state index in [1.165, 1.54) is 157 Å². The van der Waals surface area contributed by atoms with Gasteiger partial charge in [-0.15, -0.1) is 0 Å². The molecule has 0 unspecified atom stereocenters. The zero-order valence-corrected chi connectivity index (χ0v) is 52.9. The zero-order chi connectivity index (χ0) is 56.0. The van der Waals surface area contributed by atoms with Crippen molar-refractivity contribution in [3.63, 3.8) is 0 Å². The molecule has 2 nitrogen and oxygen atoms in total. The highest BCUT2D eigenvalue weighted by Crippen LogP contribution is 2.64. The van der Waals surface area contributed by atoms with Gasteiger partial charge in [0.2, 0.25) is 0 Å². The largest absolute Gasteiger partial charge is 0.311 e. The molecule has 5 aromatic carbocycles. The average molecular weight is 1080 g/mol. The Kier molecular flexibility index (Phi) is 10.7. The van der Waals surface area contributed by atoms with E-state index in [1.807, 2.05) is 0 Å². The van der Waals surface area contributed by atoms with Crippen LogP contribution in [-0.4, -0.2) is 6.71 Å². The molecule has 4 saturated carbocycles. The van der Waals surface area contributed by atoms with Gasteiger partial charge in [-0.25, -0.2) is 0 Å². The number of hydrogen-bond acceptors (Lipinski definition) is 3. The van der Waals surface area contributed by atoms with E-state index in [0.29, 0.717) is 0 Å². The average Bonchev–Trinajstić information content (AvgIpc) is 3.08. The molecule has 3 heterocycles. The summed E-state index contributed by atoms with van der Waals surface area (Å²) in [6, 6.07) is 36.4. The molecule has 4 heteroatoms. The molecule has 0 radical (unpaired) electrons. The summed E-state index contributed by atoms with van der Waals surface area (Å²) >= 11 is 2.22. The van der Waals surface area contributed by atoms with Gasteiger partial charge in [-0.3, -0.25) is 0 Å². The van der Waals surface area contributed by atoms with Gasteiger partial charge in [-0.2, -0.15) is 11.3 Å². The van der Waals surface area contributed by atoms with Crippen molar-refractivity contribution in [1.29, 1.82) is 0 Å². The summed E-state index contributed by atoms with van der Waals surface area (Å²) in [5.41, 5.74) is 27.6. The molecule has 10 aliphatic rings. The lowest BCUT2D eigenvalue weighted by Crippen LogP contribution is -2.61. The second kappa shape index (κ2) is 16.4. The first-order valence-electron chi connectivity index (χ1n) is 32.0. The van der Waals surface area contributed by atoms with Crippen molar-refractivity contribution < 1.29 is 0 Å². The molecule has 0 saturated heterocycles. The Balaban J connectivity index is 1.13. The van der Waals surface area contributed by atoms with Crippen molar-refractivity contribution in [3.05, 3.63) is 134 Å². The third kappa shape index (κ3) is 7.33. The second-order valence-corrected chi connectivity index (χ2v) is 34.8. The minimum atomic E-state index is 0.0141. The van der Waals surface area contributed by atoms with E-state index in [4.69, 9.17) is 0 Å². The van der Waals surface area contributed by atoms with Crippen molar-refractivity contribution in [2.75, 3.05) is 9.80 Å². The minimum absolute atomic E-state index is 0.0141. The van der Waals surface area contributed by atoms with Crippen LogP contribution in [0.5, 0.6) is 0 Å². The summed E-state index contributed by atoms with van der Waals surface area (Å²) < 4.78 is 1.58. The number of benzene rings is 5. The van der Waals surface area contributed by atoms with E-state index >= 15 is 0 Å². The summed E-state index contributed by atoms with van der Waals surface area (Å²) in [4.78, 5) is 7.53. The van der Waals surface area contributed by atoms with E-state index in [-0.39, 0.29) is 55.4 Å². The molecular weight excluding hydrogens is 984 g/mol.